The number of nitrogens with zero attached hydrogens (tertiary/aromatic N) is 1. The molecule has 1 aliphatic rings. The molecule has 0 unspecified atom stereocenters. The Hall–Kier alpha value is -3.60. The second kappa shape index (κ2) is 9.10. The first kappa shape index (κ1) is 22.6. The Bertz CT molecular complexity index is 1150. The van der Waals surface area contributed by atoms with Crippen LogP contribution in [0.3, 0.4) is 0 Å². The minimum absolute atomic E-state index is 0.0259. The summed E-state index contributed by atoms with van der Waals surface area (Å²) in [5.74, 6) is 0.904. The SMILES string of the molecule is Cc1cccc(N2C[C@@H](C(=O)Nc3ccc(Oc4ccc(C(C)(C)C)cc4)cc3)CC2=O)c1. The molecule has 0 radical (unpaired) electrons. The largest absolute Gasteiger partial charge is 0.457 e. The number of carbonyl (C=O) groups is 2. The molecule has 1 aliphatic heterocycles. The van der Waals surface area contributed by atoms with Crippen molar-refractivity contribution in [3.8, 4) is 11.5 Å². The fraction of sp³-hybridized carbons (Fsp3) is 0.286. The lowest BCUT2D eigenvalue weighted by Crippen LogP contribution is -2.28. The van der Waals surface area contributed by atoms with Gasteiger partial charge in [0.2, 0.25) is 11.8 Å². The number of rotatable bonds is 5. The smallest absolute Gasteiger partial charge is 0.229 e. The first-order valence-corrected chi connectivity index (χ1v) is 11.3. The fourth-order valence-electron chi connectivity index (χ4n) is 3.94. The van der Waals surface area contributed by atoms with Gasteiger partial charge in [-0.1, -0.05) is 45.0 Å². The van der Waals surface area contributed by atoms with E-state index in [2.05, 4.69) is 38.2 Å². The molecule has 3 aromatic rings. The standard InChI is InChI=1S/C28H30N2O3/c1-19-6-5-7-23(16-19)30-18-20(17-26(30)31)27(32)29-22-10-14-25(15-11-22)33-24-12-8-21(9-13-24)28(2,3)4/h5-16,20H,17-18H2,1-4H3,(H,29,32)/t20-/m0/s1. The molecule has 4 rings (SSSR count). The number of hydrogen-bond donors (Lipinski definition) is 1. The summed E-state index contributed by atoms with van der Waals surface area (Å²) in [6.07, 6.45) is 0.214. The third-order valence-electron chi connectivity index (χ3n) is 5.89. The number of aryl methyl sites for hydroxylation is 1. The summed E-state index contributed by atoms with van der Waals surface area (Å²) < 4.78 is 5.93. The minimum Gasteiger partial charge on any atom is -0.457 e. The Morgan fingerprint density at radius 1 is 0.970 bits per heavy atom. The normalized spacial score (nSPS) is 16.1. The molecule has 1 N–H and O–H groups in total. The van der Waals surface area contributed by atoms with Crippen LogP contribution >= 0.6 is 0 Å². The van der Waals surface area contributed by atoms with Crippen LogP contribution in [-0.2, 0) is 15.0 Å². The van der Waals surface area contributed by atoms with E-state index in [1.165, 1.54) is 5.56 Å². The van der Waals surface area contributed by atoms with Crippen LogP contribution in [0.25, 0.3) is 0 Å². The van der Waals surface area contributed by atoms with Crippen molar-refractivity contribution >= 4 is 23.2 Å². The van der Waals surface area contributed by atoms with Crippen LogP contribution in [0.4, 0.5) is 11.4 Å². The highest BCUT2D eigenvalue weighted by atomic mass is 16.5. The summed E-state index contributed by atoms with van der Waals surface area (Å²) in [6.45, 7) is 8.91. The van der Waals surface area contributed by atoms with Gasteiger partial charge in [0.25, 0.3) is 0 Å². The molecule has 2 amide bonds. The zero-order valence-corrected chi connectivity index (χ0v) is 19.6. The number of anilines is 2. The second-order valence-electron chi connectivity index (χ2n) is 9.63. The van der Waals surface area contributed by atoms with E-state index in [0.29, 0.717) is 18.0 Å². The molecule has 0 saturated carbocycles. The van der Waals surface area contributed by atoms with Crippen LogP contribution in [0.5, 0.6) is 11.5 Å². The quantitative estimate of drug-likeness (QED) is 0.521. The molecule has 0 spiro atoms. The van der Waals surface area contributed by atoms with Crippen molar-refractivity contribution < 1.29 is 14.3 Å². The average Bonchev–Trinajstić information content (AvgIpc) is 3.17. The van der Waals surface area contributed by atoms with Gasteiger partial charge in [0, 0.05) is 24.3 Å². The summed E-state index contributed by atoms with van der Waals surface area (Å²) in [5, 5.41) is 2.93. The molecular weight excluding hydrogens is 412 g/mol. The predicted octanol–water partition coefficient (Wildman–Crippen LogP) is 6.08. The Kier molecular flexibility index (Phi) is 6.23. The topological polar surface area (TPSA) is 58.6 Å². The molecule has 1 atom stereocenters. The highest BCUT2D eigenvalue weighted by molar-refractivity contribution is 6.03. The third kappa shape index (κ3) is 5.43. The number of nitrogens with one attached hydrogen (secondary N) is 1. The lowest BCUT2D eigenvalue weighted by molar-refractivity contribution is -0.122. The van der Waals surface area contributed by atoms with Crippen molar-refractivity contribution in [2.75, 3.05) is 16.8 Å². The van der Waals surface area contributed by atoms with Crippen molar-refractivity contribution in [3.63, 3.8) is 0 Å². The van der Waals surface area contributed by atoms with Gasteiger partial charge in [0.15, 0.2) is 0 Å². The first-order valence-electron chi connectivity index (χ1n) is 11.3. The highest BCUT2D eigenvalue weighted by Crippen LogP contribution is 2.29. The van der Waals surface area contributed by atoms with Gasteiger partial charge in [-0.25, -0.2) is 0 Å². The summed E-state index contributed by atoms with van der Waals surface area (Å²) in [6, 6.07) is 23.1. The summed E-state index contributed by atoms with van der Waals surface area (Å²) in [4.78, 5) is 26.9. The molecular formula is C28H30N2O3. The zero-order chi connectivity index (χ0) is 23.6. The van der Waals surface area contributed by atoms with Gasteiger partial charge in [-0.15, -0.1) is 0 Å². The van der Waals surface area contributed by atoms with Crippen LogP contribution in [0.15, 0.2) is 72.8 Å². The monoisotopic (exact) mass is 442 g/mol. The van der Waals surface area contributed by atoms with Gasteiger partial charge in [-0.05, 0) is 72.0 Å². The number of carbonyl (C=O) groups excluding carboxylic acids is 2. The van der Waals surface area contributed by atoms with Crippen molar-refractivity contribution in [2.45, 2.75) is 39.5 Å². The zero-order valence-electron chi connectivity index (χ0n) is 19.6. The highest BCUT2D eigenvalue weighted by Gasteiger charge is 2.35. The van der Waals surface area contributed by atoms with E-state index in [9.17, 15) is 9.59 Å². The molecule has 170 valence electrons. The van der Waals surface area contributed by atoms with Gasteiger partial charge < -0.3 is 15.0 Å². The van der Waals surface area contributed by atoms with Crippen LogP contribution in [0.1, 0.15) is 38.3 Å². The van der Waals surface area contributed by atoms with Crippen LogP contribution in [0, 0.1) is 12.8 Å². The van der Waals surface area contributed by atoms with E-state index < -0.39 is 0 Å². The molecule has 5 heteroatoms. The Labute approximate surface area is 195 Å². The second-order valence-corrected chi connectivity index (χ2v) is 9.63. The van der Waals surface area contributed by atoms with E-state index in [4.69, 9.17) is 4.74 Å². The summed E-state index contributed by atoms with van der Waals surface area (Å²) in [5.41, 5.74) is 3.95. The maximum absolute atomic E-state index is 12.8. The molecule has 3 aromatic carbocycles. The maximum atomic E-state index is 12.8. The summed E-state index contributed by atoms with van der Waals surface area (Å²) >= 11 is 0. The van der Waals surface area contributed by atoms with E-state index in [1.807, 2.05) is 67.6 Å². The fourth-order valence-corrected chi connectivity index (χ4v) is 3.94. The number of benzene rings is 3. The number of ether oxygens (including phenoxy) is 1. The van der Waals surface area contributed by atoms with Crippen molar-refractivity contribution in [1.29, 1.82) is 0 Å². The molecule has 5 nitrogen and oxygen atoms in total. The van der Waals surface area contributed by atoms with Gasteiger partial charge in [0.1, 0.15) is 11.5 Å². The molecule has 0 aromatic heterocycles. The number of hydrogen-bond acceptors (Lipinski definition) is 3. The summed E-state index contributed by atoms with van der Waals surface area (Å²) in [7, 11) is 0. The average molecular weight is 443 g/mol. The maximum Gasteiger partial charge on any atom is 0.229 e. The third-order valence-corrected chi connectivity index (χ3v) is 5.89. The molecule has 1 saturated heterocycles. The van der Waals surface area contributed by atoms with Crippen molar-refractivity contribution in [3.05, 3.63) is 83.9 Å². The van der Waals surface area contributed by atoms with Crippen LogP contribution in [-0.4, -0.2) is 18.4 Å². The predicted molar refractivity (Wildman–Crippen MR) is 132 cm³/mol. The Morgan fingerprint density at radius 2 is 1.61 bits per heavy atom. The lowest BCUT2D eigenvalue weighted by Gasteiger charge is -2.19. The van der Waals surface area contributed by atoms with Gasteiger partial charge >= 0.3 is 0 Å². The molecule has 33 heavy (non-hydrogen) atoms. The number of amides is 2. The van der Waals surface area contributed by atoms with E-state index >= 15 is 0 Å². The van der Waals surface area contributed by atoms with E-state index in [1.54, 1.807) is 4.90 Å². The molecule has 0 bridgehead atoms. The van der Waals surface area contributed by atoms with E-state index in [-0.39, 0.29) is 29.6 Å². The van der Waals surface area contributed by atoms with Gasteiger partial charge in [0.05, 0.1) is 5.92 Å². The molecule has 1 heterocycles. The van der Waals surface area contributed by atoms with Crippen LogP contribution in [0.2, 0.25) is 0 Å². The minimum atomic E-state index is -0.379. The van der Waals surface area contributed by atoms with Gasteiger partial charge in [-0.3, -0.25) is 9.59 Å². The Balaban J connectivity index is 1.35. The van der Waals surface area contributed by atoms with Crippen LogP contribution < -0.4 is 15.0 Å². The first-order chi connectivity index (χ1) is 15.7. The van der Waals surface area contributed by atoms with E-state index in [0.717, 1.165) is 17.0 Å². The van der Waals surface area contributed by atoms with Gasteiger partial charge in [-0.2, -0.15) is 0 Å². The van der Waals surface area contributed by atoms with Crippen molar-refractivity contribution in [2.24, 2.45) is 5.92 Å². The van der Waals surface area contributed by atoms with Crippen molar-refractivity contribution in [1.82, 2.24) is 0 Å². The lowest BCUT2D eigenvalue weighted by atomic mass is 9.87. The Morgan fingerprint density at radius 3 is 2.21 bits per heavy atom. The molecule has 0 aliphatic carbocycles. The molecule has 1 fully saturated rings.